The summed E-state index contributed by atoms with van der Waals surface area (Å²) in [4.78, 5) is 44.3. The van der Waals surface area contributed by atoms with Gasteiger partial charge in [-0.05, 0) is 101 Å². The summed E-state index contributed by atoms with van der Waals surface area (Å²) in [6.45, 7) is 0.664. The topological polar surface area (TPSA) is 246 Å². The van der Waals surface area contributed by atoms with Crippen LogP contribution in [0.1, 0.15) is 52.8 Å². The SMILES string of the molecule is COc1ccc(C(OCC(O)(C(=O)[C@H](C)NC(=O)OCc2ccccc2)C(N)C(OC(c2ccccc2)(c2ccc(OC)cc2)c2ccc(OC)cc2)C(O)(CN)C(=O)[C@H](C)N)(c2ccccc2)c2ccc(OC)cc2)cc1. The van der Waals surface area contributed by atoms with Gasteiger partial charge in [0.25, 0.3) is 0 Å². The number of hydrogen-bond acceptors (Lipinski definition) is 15. The highest BCUT2D eigenvalue weighted by molar-refractivity contribution is 5.96. The molecule has 0 aliphatic rings. The zero-order valence-electron chi connectivity index (χ0n) is 44.5. The van der Waals surface area contributed by atoms with Crippen molar-refractivity contribution in [2.75, 3.05) is 41.6 Å². The number of ether oxygens (including phenoxy) is 7. The quantitative estimate of drug-likeness (QED) is 0.0300. The van der Waals surface area contributed by atoms with Crippen molar-refractivity contribution in [3.63, 3.8) is 0 Å². The Balaban J connectivity index is 1.50. The van der Waals surface area contributed by atoms with E-state index in [1.807, 2.05) is 36.4 Å². The molecule has 7 aromatic carbocycles. The summed E-state index contributed by atoms with van der Waals surface area (Å²) in [5.74, 6) is -0.120. The lowest BCUT2D eigenvalue weighted by Gasteiger charge is -2.49. The van der Waals surface area contributed by atoms with Crippen LogP contribution in [0, 0.1) is 0 Å². The first-order valence-electron chi connectivity index (χ1n) is 25.3. The summed E-state index contributed by atoms with van der Waals surface area (Å²) < 4.78 is 42.6. The fourth-order valence-electron chi connectivity index (χ4n) is 9.69. The van der Waals surface area contributed by atoms with E-state index in [2.05, 4.69) is 5.32 Å². The van der Waals surface area contributed by atoms with Gasteiger partial charge in [-0.2, -0.15) is 0 Å². The van der Waals surface area contributed by atoms with Crippen LogP contribution in [0.3, 0.4) is 0 Å². The van der Waals surface area contributed by atoms with E-state index in [1.54, 1.807) is 152 Å². The van der Waals surface area contributed by atoms with E-state index < -0.39 is 77.4 Å². The molecule has 4 unspecified atom stereocenters. The third-order valence-corrected chi connectivity index (χ3v) is 14.0. The zero-order chi connectivity index (χ0) is 56.1. The minimum Gasteiger partial charge on any atom is -0.497 e. The first-order valence-corrected chi connectivity index (χ1v) is 25.3. The Labute approximate surface area is 455 Å². The summed E-state index contributed by atoms with van der Waals surface area (Å²) in [6.07, 6.45) is -3.18. The molecule has 0 saturated carbocycles. The van der Waals surface area contributed by atoms with Crippen molar-refractivity contribution < 1.29 is 57.8 Å². The number of rotatable bonds is 26. The van der Waals surface area contributed by atoms with Gasteiger partial charge in [-0.25, -0.2) is 4.79 Å². The number of ketones is 2. The van der Waals surface area contributed by atoms with Crippen molar-refractivity contribution >= 4 is 17.7 Å². The molecule has 0 heterocycles. The Morgan fingerprint density at radius 2 is 0.859 bits per heavy atom. The molecule has 9 N–H and O–H groups in total. The Morgan fingerprint density at radius 1 is 0.500 bits per heavy atom. The number of methoxy groups -OCH3 is 4. The second-order valence-corrected chi connectivity index (χ2v) is 18.9. The van der Waals surface area contributed by atoms with Crippen LogP contribution in [-0.2, 0) is 41.6 Å². The largest absolute Gasteiger partial charge is 0.497 e. The van der Waals surface area contributed by atoms with Crippen molar-refractivity contribution in [1.82, 2.24) is 5.32 Å². The van der Waals surface area contributed by atoms with Gasteiger partial charge in [-0.15, -0.1) is 0 Å². The van der Waals surface area contributed by atoms with Gasteiger partial charge in [0, 0.05) is 6.54 Å². The van der Waals surface area contributed by atoms with Gasteiger partial charge in [0.1, 0.15) is 46.9 Å². The summed E-state index contributed by atoms with van der Waals surface area (Å²) >= 11 is 0. The number of carbonyl (C=O) groups is 3. The second-order valence-electron chi connectivity index (χ2n) is 18.9. The molecule has 0 saturated heterocycles. The molecule has 7 aromatic rings. The van der Waals surface area contributed by atoms with E-state index in [4.69, 9.17) is 50.4 Å². The molecule has 0 radical (unpaired) electrons. The maximum atomic E-state index is 15.8. The normalized spacial score (nSPS) is 14.8. The lowest BCUT2D eigenvalue weighted by Crippen LogP contribution is -2.74. The molecule has 78 heavy (non-hydrogen) atoms. The van der Waals surface area contributed by atoms with Crippen LogP contribution in [0.25, 0.3) is 0 Å². The van der Waals surface area contributed by atoms with Crippen LogP contribution >= 0.6 is 0 Å². The molecule has 6 atom stereocenters. The van der Waals surface area contributed by atoms with E-state index in [1.165, 1.54) is 42.3 Å². The van der Waals surface area contributed by atoms with Crippen molar-refractivity contribution in [2.24, 2.45) is 17.2 Å². The number of nitrogens with two attached hydrogens (primary N) is 3. The number of aliphatic hydroxyl groups is 2. The van der Waals surface area contributed by atoms with E-state index >= 15 is 4.79 Å². The monoisotopic (exact) mass is 1060 g/mol. The highest BCUT2D eigenvalue weighted by atomic mass is 16.6. The third kappa shape index (κ3) is 12.0. The Kier molecular flexibility index (Phi) is 18.9. The summed E-state index contributed by atoms with van der Waals surface area (Å²) in [5, 5.41) is 29.8. The minimum atomic E-state index is -3.06. The van der Waals surface area contributed by atoms with E-state index in [0.717, 1.165) is 0 Å². The maximum absolute atomic E-state index is 15.8. The summed E-state index contributed by atoms with van der Waals surface area (Å²) in [6, 6.07) is 49.5. The molecule has 408 valence electrons. The number of benzene rings is 7. The Hall–Kier alpha value is -7.93. The van der Waals surface area contributed by atoms with Gasteiger partial charge < -0.3 is 65.9 Å². The van der Waals surface area contributed by atoms with Crippen molar-refractivity contribution in [2.45, 2.75) is 67.1 Å². The smallest absolute Gasteiger partial charge is 0.408 e. The first kappa shape index (κ1) is 57.8. The lowest BCUT2D eigenvalue weighted by molar-refractivity contribution is -0.200. The number of amides is 1. The Bertz CT molecular complexity index is 2950. The number of hydrogen-bond donors (Lipinski definition) is 6. The average Bonchev–Trinajstić information content (AvgIpc) is 3.53. The molecular weight excluding hydrogens is 993 g/mol. The molecule has 1 amide bonds. The van der Waals surface area contributed by atoms with Gasteiger partial charge in [-0.1, -0.05) is 140 Å². The molecule has 0 aromatic heterocycles. The number of alkyl carbamates (subject to hydrolysis) is 1. The van der Waals surface area contributed by atoms with E-state index in [0.29, 0.717) is 61.9 Å². The average molecular weight is 1060 g/mol. The Morgan fingerprint density at radius 3 is 1.23 bits per heavy atom. The van der Waals surface area contributed by atoms with Gasteiger partial charge in [-0.3, -0.25) is 9.59 Å². The molecule has 16 heteroatoms. The van der Waals surface area contributed by atoms with Crippen LogP contribution in [0.5, 0.6) is 23.0 Å². The number of Topliss-reactive ketones (excluding diaryl/α,β-unsaturated/α-hetero) is 2. The third-order valence-electron chi connectivity index (χ3n) is 14.0. The number of carbonyl (C=O) groups excluding carboxylic acids is 3. The fourth-order valence-corrected chi connectivity index (χ4v) is 9.69. The van der Waals surface area contributed by atoms with Crippen LogP contribution in [0.4, 0.5) is 4.79 Å². The highest BCUT2D eigenvalue weighted by Crippen LogP contribution is 2.47. The van der Waals surface area contributed by atoms with Crippen LogP contribution in [-0.4, -0.2) is 105 Å². The van der Waals surface area contributed by atoms with Crippen molar-refractivity contribution in [3.8, 4) is 23.0 Å². The van der Waals surface area contributed by atoms with Crippen LogP contribution in [0.15, 0.2) is 188 Å². The molecule has 0 fully saturated rings. The zero-order valence-corrected chi connectivity index (χ0v) is 44.5. The predicted molar refractivity (Wildman–Crippen MR) is 295 cm³/mol. The van der Waals surface area contributed by atoms with Crippen LogP contribution in [0.2, 0.25) is 0 Å². The first-order chi connectivity index (χ1) is 37.5. The molecule has 0 bridgehead atoms. The van der Waals surface area contributed by atoms with Gasteiger partial charge in [0.05, 0.1) is 53.2 Å². The van der Waals surface area contributed by atoms with Gasteiger partial charge in [0.2, 0.25) is 0 Å². The maximum Gasteiger partial charge on any atom is 0.408 e. The van der Waals surface area contributed by atoms with Crippen LogP contribution < -0.4 is 41.5 Å². The van der Waals surface area contributed by atoms with Gasteiger partial charge in [0.15, 0.2) is 22.8 Å². The van der Waals surface area contributed by atoms with Gasteiger partial charge >= 0.3 is 6.09 Å². The lowest BCUT2D eigenvalue weighted by atomic mass is 9.74. The van der Waals surface area contributed by atoms with Crippen molar-refractivity contribution in [3.05, 3.63) is 227 Å². The highest BCUT2D eigenvalue weighted by Gasteiger charge is 2.60. The molecule has 0 aliphatic carbocycles. The summed E-state index contributed by atoms with van der Waals surface area (Å²) in [5.41, 5.74) is 14.5. The molecule has 0 aliphatic heterocycles. The standard InChI is InChI=1S/C62H68N4O12/c1-41(64)55(67)59(70,39-63)57(78-62(45-20-14-9-15-21-45,48-26-34-52(74-5)35-27-48)49-28-36-53(75-6)37-29-49)54(65)60(71,56(68)42(2)66-58(69)76-38-43-16-10-7-11-17-43)40-77-61(44-18-12-8-13-19-44,46-22-30-50(72-3)31-23-46)47-24-32-51(73-4)33-25-47/h7-37,41-42,54,57,70-71H,38-40,63-65H2,1-6H3,(H,66,69)/t41-,42-,54?,57?,59?,60?/m0/s1. The summed E-state index contributed by atoms with van der Waals surface area (Å²) in [7, 11) is 6.10. The second kappa shape index (κ2) is 25.5. The fraction of sp³-hybridized carbons (Fsp3) is 0.274. The minimum absolute atomic E-state index is 0.152. The molecule has 16 nitrogen and oxygen atoms in total. The molecular formula is C62H68N4O12. The predicted octanol–water partition coefficient (Wildman–Crippen LogP) is 6.96. The van der Waals surface area contributed by atoms with E-state index in [9.17, 15) is 19.8 Å². The van der Waals surface area contributed by atoms with E-state index in [-0.39, 0.29) is 6.61 Å². The molecule has 0 spiro atoms. The number of nitrogens with one attached hydrogen (secondary N) is 1. The molecule has 7 rings (SSSR count). The van der Waals surface area contributed by atoms with Crippen molar-refractivity contribution in [1.29, 1.82) is 0 Å².